The Morgan fingerprint density at radius 3 is 2.43 bits per heavy atom. The van der Waals surface area contributed by atoms with E-state index in [1.807, 2.05) is 13.8 Å². The van der Waals surface area contributed by atoms with Crippen molar-refractivity contribution in [3.63, 3.8) is 0 Å². The summed E-state index contributed by atoms with van der Waals surface area (Å²) in [5.41, 5.74) is -1.23. The van der Waals surface area contributed by atoms with Gasteiger partial charge in [0.1, 0.15) is 23.0 Å². The first kappa shape index (κ1) is 24.0. The number of pyridine rings is 1. The fraction of sp³-hybridized carbons (Fsp3) is 0.304. The molecular formula is C23H22F3N5O4. The molecule has 9 nitrogen and oxygen atoms in total. The second-order valence-corrected chi connectivity index (χ2v) is 7.92. The molecular weight excluding hydrogens is 467 g/mol. The Kier molecular flexibility index (Phi) is 6.37. The highest BCUT2D eigenvalue weighted by Crippen LogP contribution is 2.28. The van der Waals surface area contributed by atoms with E-state index in [4.69, 9.17) is 0 Å². The lowest BCUT2D eigenvalue weighted by Crippen LogP contribution is -2.43. The predicted octanol–water partition coefficient (Wildman–Crippen LogP) is 2.34. The zero-order valence-electron chi connectivity index (χ0n) is 18.9. The minimum Gasteiger partial charge on any atom is -0.503 e. The van der Waals surface area contributed by atoms with Crippen molar-refractivity contribution < 1.29 is 27.9 Å². The summed E-state index contributed by atoms with van der Waals surface area (Å²) >= 11 is 0. The molecule has 0 aliphatic carbocycles. The fourth-order valence-corrected chi connectivity index (χ4v) is 3.97. The minimum absolute atomic E-state index is 0.164. The highest BCUT2D eigenvalue weighted by Gasteiger charge is 2.33. The van der Waals surface area contributed by atoms with Crippen LogP contribution in [-0.2, 0) is 26.1 Å². The first-order chi connectivity index (χ1) is 16.7. The van der Waals surface area contributed by atoms with Crippen molar-refractivity contribution in [2.45, 2.75) is 39.9 Å². The van der Waals surface area contributed by atoms with Gasteiger partial charge in [0.2, 0.25) is 5.43 Å². The van der Waals surface area contributed by atoms with Gasteiger partial charge in [-0.05, 0) is 13.3 Å². The van der Waals surface area contributed by atoms with Crippen molar-refractivity contribution >= 4 is 17.5 Å². The van der Waals surface area contributed by atoms with Crippen molar-refractivity contribution in [2.24, 2.45) is 0 Å². The van der Waals surface area contributed by atoms with E-state index >= 15 is 0 Å². The lowest BCUT2D eigenvalue weighted by atomic mass is 10.1. The first-order valence-corrected chi connectivity index (χ1v) is 10.9. The molecule has 0 unspecified atom stereocenters. The molecule has 1 aromatic carbocycles. The molecule has 184 valence electrons. The maximum atomic E-state index is 13.8. The van der Waals surface area contributed by atoms with Gasteiger partial charge in [0, 0.05) is 56.3 Å². The molecule has 12 heteroatoms. The molecule has 1 aliphatic rings. The van der Waals surface area contributed by atoms with Gasteiger partial charge >= 0.3 is 0 Å². The second kappa shape index (κ2) is 9.28. The summed E-state index contributed by atoms with van der Waals surface area (Å²) in [6.07, 6.45) is 3.41. The van der Waals surface area contributed by atoms with Crippen molar-refractivity contribution in [3.05, 3.63) is 74.7 Å². The number of aryl methyl sites for hydroxylation is 2. The second-order valence-electron chi connectivity index (χ2n) is 7.92. The Balaban J connectivity index is 1.62. The first-order valence-electron chi connectivity index (χ1n) is 10.9. The van der Waals surface area contributed by atoms with Crippen molar-refractivity contribution in [3.8, 4) is 5.75 Å². The molecule has 0 radical (unpaired) electrons. The van der Waals surface area contributed by atoms with Gasteiger partial charge < -0.3 is 19.9 Å². The molecule has 2 aromatic heterocycles. The standard InChI is InChI=1S/C23H22F3N5O4/c1-3-17-18(11-30(4-2)28-17)31-6-5-29-10-14(20(32)21(33)19(29)23(31)35)22(34)27-9-13-15(25)7-12(24)8-16(13)26/h7-8,10-11,33H,3-6,9H2,1-2H3,(H,27,34). The molecule has 1 aliphatic heterocycles. The van der Waals surface area contributed by atoms with E-state index in [-0.39, 0.29) is 18.8 Å². The summed E-state index contributed by atoms with van der Waals surface area (Å²) in [6, 6.07) is 0.936. The maximum absolute atomic E-state index is 13.8. The number of halogens is 3. The SMILES string of the molecule is CCc1nn(CC)cc1N1CCn2cc(C(=O)NCc3c(F)cc(F)cc3F)c(=O)c(O)c2C1=O. The number of aromatic hydroxyl groups is 1. The topological polar surface area (TPSA) is 109 Å². The van der Waals surface area contributed by atoms with Crippen LogP contribution in [0.2, 0.25) is 0 Å². The number of carbonyl (C=O) groups excluding carboxylic acids is 2. The summed E-state index contributed by atoms with van der Waals surface area (Å²) in [5, 5.41) is 17.2. The summed E-state index contributed by atoms with van der Waals surface area (Å²) < 4.78 is 43.7. The van der Waals surface area contributed by atoms with Gasteiger partial charge in [-0.25, -0.2) is 13.2 Å². The number of hydrogen-bond acceptors (Lipinski definition) is 5. The summed E-state index contributed by atoms with van der Waals surface area (Å²) in [6.45, 7) is 4.10. The molecule has 3 aromatic rings. The largest absolute Gasteiger partial charge is 0.503 e. The van der Waals surface area contributed by atoms with E-state index in [9.17, 15) is 32.7 Å². The van der Waals surface area contributed by atoms with E-state index in [1.54, 1.807) is 10.9 Å². The van der Waals surface area contributed by atoms with Gasteiger partial charge in [-0.2, -0.15) is 5.10 Å². The van der Waals surface area contributed by atoms with Crippen LogP contribution in [0, 0.1) is 17.5 Å². The average Bonchev–Trinajstić information content (AvgIpc) is 3.23. The maximum Gasteiger partial charge on any atom is 0.279 e. The van der Waals surface area contributed by atoms with E-state index in [1.165, 1.54) is 9.47 Å². The molecule has 3 heterocycles. The van der Waals surface area contributed by atoms with Crippen LogP contribution in [0.15, 0.2) is 29.3 Å². The number of fused-ring (bicyclic) bond motifs is 1. The Bertz CT molecular complexity index is 1380. The summed E-state index contributed by atoms with van der Waals surface area (Å²) in [5.74, 6) is -6.06. The Morgan fingerprint density at radius 1 is 1.11 bits per heavy atom. The number of rotatable bonds is 6. The number of benzene rings is 1. The molecule has 0 bridgehead atoms. The van der Waals surface area contributed by atoms with Crippen molar-refractivity contribution in [1.82, 2.24) is 19.7 Å². The number of carbonyl (C=O) groups is 2. The molecule has 4 rings (SSSR count). The van der Waals surface area contributed by atoms with E-state index in [0.717, 1.165) is 6.20 Å². The van der Waals surface area contributed by atoms with Crippen LogP contribution < -0.4 is 15.6 Å². The molecule has 2 amide bonds. The molecule has 0 spiro atoms. The highest BCUT2D eigenvalue weighted by atomic mass is 19.1. The zero-order valence-corrected chi connectivity index (χ0v) is 18.9. The monoisotopic (exact) mass is 489 g/mol. The van der Waals surface area contributed by atoms with Gasteiger partial charge in [-0.15, -0.1) is 0 Å². The van der Waals surface area contributed by atoms with Crippen LogP contribution in [0.4, 0.5) is 18.9 Å². The molecule has 0 atom stereocenters. The van der Waals surface area contributed by atoms with Gasteiger partial charge in [0.15, 0.2) is 11.4 Å². The van der Waals surface area contributed by atoms with E-state index in [0.29, 0.717) is 36.5 Å². The normalized spacial score (nSPS) is 13.2. The van der Waals surface area contributed by atoms with Crippen LogP contribution in [0.3, 0.4) is 0 Å². The quantitative estimate of drug-likeness (QED) is 0.553. The molecule has 0 saturated carbocycles. The smallest absolute Gasteiger partial charge is 0.279 e. The summed E-state index contributed by atoms with van der Waals surface area (Å²) in [4.78, 5) is 39.9. The van der Waals surface area contributed by atoms with E-state index in [2.05, 4.69) is 10.4 Å². The predicted molar refractivity (Wildman–Crippen MR) is 119 cm³/mol. The number of nitrogens with zero attached hydrogens (tertiary/aromatic N) is 4. The van der Waals surface area contributed by atoms with Gasteiger partial charge in [0.25, 0.3) is 11.8 Å². The average molecular weight is 489 g/mol. The van der Waals surface area contributed by atoms with Crippen LogP contribution in [-0.4, -0.2) is 37.8 Å². The number of aromatic nitrogens is 3. The lowest BCUT2D eigenvalue weighted by Gasteiger charge is -2.30. The van der Waals surface area contributed by atoms with Crippen molar-refractivity contribution in [2.75, 3.05) is 11.4 Å². The van der Waals surface area contributed by atoms with Crippen LogP contribution >= 0.6 is 0 Å². The van der Waals surface area contributed by atoms with Crippen LogP contribution in [0.5, 0.6) is 5.75 Å². The molecule has 0 saturated heterocycles. The number of nitrogens with one attached hydrogen (secondary N) is 1. The Hall–Kier alpha value is -4.09. The third-order valence-corrected chi connectivity index (χ3v) is 5.81. The highest BCUT2D eigenvalue weighted by molar-refractivity contribution is 6.08. The Morgan fingerprint density at radius 2 is 1.80 bits per heavy atom. The van der Waals surface area contributed by atoms with Gasteiger partial charge in [-0.3, -0.25) is 19.1 Å². The molecule has 35 heavy (non-hydrogen) atoms. The molecule has 2 N–H and O–H groups in total. The van der Waals surface area contributed by atoms with Crippen molar-refractivity contribution in [1.29, 1.82) is 0 Å². The van der Waals surface area contributed by atoms with Gasteiger partial charge in [0.05, 0.1) is 11.4 Å². The summed E-state index contributed by atoms with van der Waals surface area (Å²) in [7, 11) is 0. The van der Waals surface area contributed by atoms with Gasteiger partial charge in [-0.1, -0.05) is 6.92 Å². The van der Waals surface area contributed by atoms with Crippen LogP contribution in [0.25, 0.3) is 0 Å². The minimum atomic E-state index is -1.20. The zero-order chi connectivity index (χ0) is 25.4. The number of amides is 2. The molecule has 0 fully saturated rings. The Labute approximate surface area is 197 Å². The lowest BCUT2D eigenvalue weighted by molar-refractivity contribution is 0.0934. The third kappa shape index (κ3) is 4.27. The van der Waals surface area contributed by atoms with Crippen LogP contribution in [0.1, 0.15) is 46.0 Å². The number of hydrogen-bond donors (Lipinski definition) is 2. The number of anilines is 1. The third-order valence-electron chi connectivity index (χ3n) is 5.81. The van der Waals surface area contributed by atoms with E-state index < -0.39 is 58.1 Å². The fourth-order valence-electron chi connectivity index (χ4n) is 3.97.